The maximum atomic E-state index is 4.31. The zero-order valence-corrected chi connectivity index (χ0v) is 10.2. The molecule has 0 bridgehead atoms. The maximum absolute atomic E-state index is 4.31. The molecule has 16 heavy (non-hydrogen) atoms. The molecule has 0 saturated carbocycles. The second-order valence-electron chi connectivity index (χ2n) is 3.61. The van der Waals surface area contributed by atoms with Gasteiger partial charge >= 0.3 is 0 Å². The molecule has 0 N–H and O–H groups in total. The van der Waals surface area contributed by atoms with Crippen LogP contribution in [0.3, 0.4) is 0 Å². The Morgan fingerprint density at radius 1 is 1.06 bits per heavy atom. The van der Waals surface area contributed by atoms with Crippen molar-refractivity contribution in [2.45, 2.75) is 24.0 Å². The van der Waals surface area contributed by atoms with Crippen molar-refractivity contribution < 1.29 is 0 Å². The van der Waals surface area contributed by atoms with Gasteiger partial charge in [0, 0.05) is 16.8 Å². The Labute approximate surface area is 101 Å². The van der Waals surface area contributed by atoms with E-state index in [2.05, 4.69) is 42.2 Å². The number of aromatic nitrogens is 1. The lowest BCUT2D eigenvalue weighted by Gasteiger charge is -2.02. The summed E-state index contributed by atoms with van der Waals surface area (Å²) in [7, 11) is 0. The van der Waals surface area contributed by atoms with Gasteiger partial charge in [-0.1, -0.05) is 25.1 Å². The molecular weight excluding hydrogens is 214 g/mol. The number of thioether (sulfide) groups is 1. The molecule has 0 atom stereocenters. The van der Waals surface area contributed by atoms with Crippen LogP contribution in [0.2, 0.25) is 0 Å². The van der Waals surface area contributed by atoms with Crippen molar-refractivity contribution in [1.82, 2.24) is 4.98 Å². The number of hydrogen-bond acceptors (Lipinski definition) is 2. The Balaban J connectivity index is 1.94. The third-order valence-corrected chi connectivity index (χ3v) is 3.49. The summed E-state index contributed by atoms with van der Waals surface area (Å²) in [6.45, 7) is 2.18. The maximum Gasteiger partial charge on any atom is 0.0506 e. The van der Waals surface area contributed by atoms with Gasteiger partial charge < -0.3 is 0 Å². The Bertz CT molecular complexity index is 422. The molecule has 2 rings (SSSR count). The Hall–Kier alpha value is -1.28. The van der Waals surface area contributed by atoms with Gasteiger partial charge in [-0.15, -0.1) is 11.8 Å². The van der Waals surface area contributed by atoms with Gasteiger partial charge in [-0.2, -0.15) is 0 Å². The van der Waals surface area contributed by atoms with Gasteiger partial charge in [0.05, 0.1) is 5.69 Å². The number of benzene rings is 1. The van der Waals surface area contributed by atoms with Crippen molar-refractivity contribution in [1.29, 1.82) is 0 Å². The second kappa shape index (κ2) is 5.71. The van der Waals surface area contributed by atoms with Crippen LogP contribution in [0.1, 0.15) is 18.2 Å². The van der Waals surface area contributed by atoms with Crippen LogP contribution in [0.15, 0.2) is 53.6 Å². The SMILES string of the molecule is CCc1ccc(SCc2ccccn2)cc1. The second-order valence-corrected chi connectivity index (χ2v) is 4.66. The predicted molar refractivity (Wildman–Crippen MR) is 69.6 cm³/mol. The lowest BCUT2D eigenvalue weighted by Crippen LogP contribution is -1.85. The molecule has 0 saturated heterocycles. The third-order valence-electron chi connectivity index (χ3n) is 2.44. The topological polar surface area (TPSA) is 12.9 Å². The van der Waals surface area contributed by atoms with Crippen molar-refractivity contribution in [3.05, 3.63) is 59.9 Å². The number of rotatable bonds is 4. The number of nitrogens with zero attached hydrogens (tertiary/aromatic N) is 1. The monoisotopic (exact) mass is 229 g/mol. The van der Waals surface area contributed by atoms with E-state index in [9.17, 15) is 0 Å². The largest absolute Gasteiger partial charge is 0.260 e. The zero-order valence-electron chi connectivity index (χ0n) is 9.39. The molecule has 0 aliphatic carbocycles. The highest BCUT2D eigenvalue weighted by molar-refractivity contribution is 7.98. The summed E-state index contributed by atoms with van der Waals surface area (Å²) >= 11 is 1.83. The van der Waals surface area contributed by atoms with Crippen LogP contribution in [0.5, 0.6) is 0 Å². The lowest BCUT2D eigenvalue weighted by atomic mass is 10.2. The number of hydrogen-bond donors (Lipinski definition) is 0. The van der Waals surface area contributed by atoms with Crippen LogP contribution in [0, 0.1) is 0 Å². The van der Waals surface area contributed by atoms with Crippen molar-refractivity contribution in [3.8, 4) is 0 Å². The molecular formula is C14H15NS. The average molecular weight is 229 g/mol. The quantitative estimate of drug-likeness (QED) is 0.737. The summed E-state index contributed by atoms with van der Waals surface area (Å²) in [6, 6.07) is 14.8. The Morgan fingerprint density at radius 3 is 2.50 bits per heavy atom. The minimum absolute atomic E-state index is 0.937. The fourth-order valence-corrected chi connectivity index (χ4v) is 2.28. The van der Waals surface area contributed by atoms with E-state index < -0.39 is 0 Å². The smallest absolute Gasteiger partial charge is 0.0506 e. The van der Waals surface area contributed by atoms with Gasteiger partial charge in [0.1, 0.15) is 0 Å². The fourth-order valence-electron chi connectivity index (χ4n) is 1.46. The summed E-state index contributed by atoms with van der Waals surface area (Å²) in [5, 5.41) is 0. The van der Waals surface area contributed by atoms with E-state index in [1.807, 2.05) is 30.1 Å². The van der Waals surface area contributed by atoms with Crippen LogP contribution < -0.4 is 0 Å². The summed E-state index contributed by atoms with van der Waals surface area (Å²) in [5.41, 5.74) is 2.52. The molecule has 1 nitrogen and oxygen atoms in total. The lowest BCUT2D eigenvalue weighted by molar-refractivity contribution is 1.13. The molecule has 0 unspecified atom stereocenters. The highest BCUT2D eigenvalue weighted by Gasteiger charge is 1.96. The Kier molecular flexibility index (Phi) is 4.00. The van der Waals surface area contributed by atoms with E-state index in [1.54, 1.807) is 0 Å². The third kappa shape index (κ3) is 3.11. The minimum Gasteiger partial charge on any atom is -0.260 e. The molecule has 0 radical (unpaired) electrons. The first kappa shape index (κ1) is 11.2. The number of pyridine rings is 1. The van der Waals surface area contributed by atoms with E-state index in [0.717, 1.165) is 17.9 Å². The van der Waals surface area contributed by atoms with Gasteiger partial charge in [0.15, 0.2) is 0 Å². The van der Waals surface area contributed by atoms with Crippen LogP contribution in [-0.2, 0) is 12.2 Å². The summed E-state index contributed by atoms with van der Waals surface area (Å²) < 4.78 is 0. The van der Waals surface area contributed by atoms with Gasteiger partial charge in [-0.05, 0) is 36.2 Å². The van der Waals surface area contributed by atoms with Crippen LogP contribution in [0.25, 0.3) is 0 Å². The van der Waals surface area contributed by atoms with E-state index in [-0.39, 0.29) is 0 Å². The summed E-state index contributed by atoms with van der Waals surface area (Å²) in [5.74, 6) is 0.937. The fraction of sp³-hybridized carbons (Fsp3) is 0.214. The molecule has 82 valence electrons. The van der Waals surface area contributed by atoms with Crippen molar-refractivity contribution >= 4 is 11.8 Å². The predicted octanol–water partition coefficient (Wildman–Crippen LogP) is 3.94. The van der Waals surface area contributed by atoms with E-state index >= 15 is 0 Å². The molecule has 0 aliphatic heterocycles. The first-order valence-electron chi connectivity index (χ1n) is 5.50. The summed E-state index contributed by atoms with van der Waals surface area (Å²) in [4.78, 5) is 5.61. The van der Waals surface area contributed by atoms with Crippen molar-refractivity contribution in [3.63, 3.8) is 0 Å². The van der Waals surface area contributed by atoms with E-state index in [1.165, 1.54) is 10.5 Å². The highest BCUT2D eigenvalue weighted by atomic mass is 32.2. The molecule has 0 fully saturated rings. The van der Waals surface area contributed by atoms with Crippen LogP contribution in [0.4, 0.5) is 0 Å². The normalized spacial score (nSPS) is 10.3. The van der Waals surface area contributed by atoms with Crippen molar-refractivity contribution in [2.75, 3.05) is 0 Å². The average Bonchev–Trinajstić information content (AvgIpc) is 2.38. The molecule has 0 spiro atoms. The van der Waals surface area contributed by atoms with Crippen LogP contribution in [-0.4, -0.2) is 4.98 Å². The van der Waals surface area contributed by atoms with Gasteiger partial charge in [-0.25, -0.2) is 0 Å². The molecule has 0 amide bonds. The van der Waals surface area contributed by atoms with Gasteiger partial charge in [0.2, 0.25) is 0 Å². The van der Waals surface area contributed by atoms with Gasteiger partial charge in [-0.3, -0.25) is 4.98 Å². The molecule has 2 heteroatoms. The first-order chi connectivity index (χ1) is 7.88. The first-order valence-corrected chi connectivity index (χ1v) is 6.48. The molecule has 1 heterocycles. The zero-order chi connectivity index (χ0) is 11.2. The number of aryl methyl sites for hydroxylation is 1. The minimum atomic E-state index is 0.937. The standard InChI is InChI=1S/C14H15NS/c1-2-12-6-8-14(9-7-12)16-11-13-5-3-4-10-15-13/h3-10H,2,11H2,1H3. The molecule has 0 aliphatic rings. The highest BCUT2D eigenvalue weighted by Crippen LogP contribution is 2.22. The van der Waals surface area contributed by atoms with Crippen LogP contribution >= 0.6 is 11.8 Å². The van der Waals surface area contributed by atoms with E-state index in [4.69, 9.17) is 0 Å². The van der Waals surface area contributed by atoms with Gasteiger partial charge in [0.25, 0.3) is 0 Å². The molecule has 1 aromatic heterocycles. The molecule has 1 aromatic carbocycles. The summed E-state index contributed by atoms with van der Waals surface area (Å²) in [6.07, 6.45) is 2.95. The van der Waals surface area contributed by atoms with E-state index in [0.29, 0.717) is 0 Å². The van der Waals surface area contributed by atoms with Crippen molar-refractivity contribution in [2.24, 2.45) is 0 Å². The Morgan fingerprint density at radius 2 is 1.88 bits per heavy atom. The molecule has 2 aromatic rings.